The molecular formula is C10H6ClFN4O4S. The third-order valence-corrected chi connectivity index (χ3v) is 3.86. The van der Waals surface area contributed by atoms with Crippen LogP contribution < -0.4 is 4.72 Å². The summed E-state index contributed by atoms with van der Waals surface area (Å²) in [5, 5.41) is 10.9. The standard InChI is InChI=1S/C10H6ClFN4O4S/c11-9-4-14-10(5-13-9)15-21(19,20)8-2-1-6(12)3-7(8)16(17)18/h1-5H,(H,14,15). The maximum atomic E-state index is 13.0. The summed E-state index contributed by atoms with van der Waals surface area (Å²) >= 11 is 5.50. The summed E-state index contributed by atoms with van der Waals surface area (Å²) in [6.07, 6.45) is 2.13. The fourth-order valence-electron chi connectivity index (χ4n) is 1.42. The molecule has 0 bridgehead atoms. The summed E-state index contributed by atoms with van der Waals surface area (Å²) in [5.41, 5.74) is -0.885. The van der Waals surface area contributed by atoms with Gasteiger partial charge in [-0.1, -0.05) is 11.6 Å². The van der Waals surface area contributed by atoms with E-state index in [1.165, 1.54) is 0 Å². The number of hydrogen-bond acceptors (Lipinski definition) is 6. The van der Waals surface area contributed by atoms with Gasteiger partial charge in [0, 0.05) is 0 Å². The van der Waals surface area contributed by atoms with Gasteiger partial charge in [0.1, 0.15) is 11.0 Å². The number of nitrogens with one attached hydrogen (secondary N) is 1. The van der Waals surface area contributed by atoms with Crippen molar-refractivity contribution in [2.45, 2.75) is 4.90 Å². The van der Waals surface area contributed by atoms with Crippen LogP contribution in [0.25, 0.3) is 0 Å². The molecule has 0 aliphatic rings. The van der Waals surface area contributed by atoms with E-state index in [-0.39, 0.29) is 11.0 Å². The Morgan fingerprint density at radius 2 is 2.00 bits per heavy atom. The smallest absolute Gasteiger partial charge is 0.262 e. The van der Waals surface area contributed by atoms with Gasteiger partial charge in [0.05, 0.1) is 23.4 Å². The van der Waals surface area contributed by atoms with Crippen molar-refractivity contribution in [1.29, 1.82) is 0 Å². The quantitative estimate of drug-likeness (QED) is 0.676. The minimum absolute atomic E-state index is 0.0470. The van der Waals surface area contributed by atoms with Crippen LogP contribution >= 0.6 is 11.6 Å². The maximum absolute atomic E-state index is 13.0. The molecule has 110 valence electrons. The normalized spacial score (nSPS) is 11.1. The maximum Gasteiger partial charge on any atom is 0.292 e. The molecule has 1 aromatic heterocycles. The molecule has 0 unspecified atom stereocenters. The topological polar surface area (TPSA) is 115 Å². The lowest BCUT2D eigenvalue weighted by atomic mass is 10.3. The molecule has 0 saturated heterocycles. The molecule has 1 aromatic carbocycles. The number of benzene rings is 1. The lowest BCUT2D eigenvalue weighted by Gasteiger charge is -2.07. The van der Waals surface area contributed by atoms with Crippen LogP contribution in [0, 0.1) is 15.9 Å². The Hall–Kier alpha value is -2.33. The minimum atomic E-state index is -4.32. The summed E-state index contributed by atoms with van der Waals surface area (Å²) in [6, 6.07) is 2.11. The second-order valence-electron chi connectivity index (χ2n) is 3.70. The first kappa shape index (κ1) is 15.1. The molecule has 0 radical (unpaired) electrons. The molecule has 21 heavy (non-hydrogen) atoms. The zero-order valence-electron chi connectivity index (χ0n) is 10.0. The van der Waals surface area contributed by atoms with Crippen molar-refractivity contribution in [3.05, 3.63) is 51.7 Å². The Kier molecular flexibility index (Phi) is 4.00. The van der Waals surface area contributed by atoms with Crippen LogP contribution in [0.2, 0.25) is 5.15 Å². The van der Waals surface area contributed by atoms with Gasteiger partial charge in [-0.2, -0.15) is 0 Å². The van der Waals surface area contributed by atoms with Gasteiger partial charge in [0.25, 0.3) is 15.7 Å². The summed E-state index contributed by atoms with van der Waals surface area (Å²) in [5.74, 6) is -1.11. The van der Waals surface area contributed by atoms with Gasteiger partial charge in [0.2, 0.25) is 0 Å². The van der Waals surface area contributed by atoms with Crippen molar-refractivity contribution < 1.29 is 17.7 Å². The highest BCUT2D eigenvalue weighted by atomic mass is 35.5. The van der Waals surface area contributed by atoms with Crippen LogP contribution in [-0.2, 0) is 10.0 Å². The number of sulfonamides is 1. The van der Waals surface area contributed by atoms with E-state index >= 15 is 0 Å². The van der Waals surface area contributed by atoms with E-state index in [1.54, 1.807) is 0 Å². The van der Waals surface area contributed by atoms with Crippen molar-refractivity contribution in [3.63, 3.8) is 0 Å². The molecular weight excluding hydrogens is 327 g/mol. The van der Waals surface area contributed by atoms with Crippen molar-refractivity contribution in [1.82, 2.24) is 9.97 Å². The summed E-state index contributed by atoms with van der Waals surface area (Å²) in [6.45, 7) is 0. The average Bonchev–Trinajstić information content (AvgIpc) is 2.40. The monoisotopic (exact) mass is 332 g/mol. The molecule has 0 spiro atoms. The summed E-state index contributed by atoms with van der Waals surface area (Å²) in [4.78, 5) is 16.4. The van der Waals surface area contributed by atoms with E-state index in [9.17, 15) is 22.9 Å². The van der Waals surface area contributed by atoms with Crippen molar-refractivity contribution in [2.24, 2.45) is 0 Å². The molecule has 1 N–H and O–H groups in total. The van der Waals surface area contributed by atoms with Gasteiger partial charge in [0.15, 0.2) is 10.7 Å². The first-order valence-corrected chi connectivity index (χ1v) is 7.10. The lowest BCUT2D eigenvalue weighted by molar-refractivity contribution is -0.388. The first-order chi connectivity index (χ1) is 9.79. The number of nitro groups is 1. The van der Waals surface area contributed by atoms with Crippen LogP contribution in [0.5, 0.6) is 0 Å². The highest BCUT2D eigenvalue weighted by Gasteiger charge is 2.26. The second kappa shape index (κ2) is 5.58. The fraction of sp³-hybridized carbons (Fsp3) is 0. The average molecular weight is 333 g/mol. The predicted molar refractivity (Wildman–Crippen MR) is 70.9 cm³/mol. The van der Waals surface area contributed by atoms with Crippen LogP contribution in [-0.4, -0.2) is 23.3 Å². The molecule has 0 amide bonds. The number of nitro benzene ring substituents is 1. The van der Waals surface area contributed by atoms with E-state index in [0.29, 0.717) is 6.07 Å². The molecule has 2 rings (SSSR count). The Labute approximate surface area is 122 Å². The van der Waals surface area contributed by atoms with Crippen LogP contribution in [0.1, 0.15) is 0 Å². The number of halogens is 2. The molecule has 0 saturated carbocycles. The third-order valence-electron chi connectivity index (χ3n) is 2.27. The Balaban J connectivity index is 2.44. The number of hydrogen-bond donors (Lipinski definition) is 1. The van der Waals surface area contributed by atoms with E-state index < -0.39 is 31.3 Å². The van der Waals surface area contributed by atoms with Crippen molar-refractivity contribution in [3.8, 4) is 0 Å². The molecule has 2 aromatic rings. The van der Waals surface area contributed by atoms with E-state index in [4.69, 9.17) is 11.6 Å². The Morgan fingerprint density at radius 3 is 2.57 bits per heavy atom. The van der Waals surface area contributed by atoms with Crippen molar-refractivity contribution in [2.75, 3.05) is 4.72 Å². The van der Waals surface area contributed by atoms with Gasteiger partial charge in [-0.05, 0) is 12.1 Å². The zero-order valence-corrected chi connectivity index (χ0v) is 11.6. The molecule has 8 nitrogen and oxygen atoms in total. The van der Waals surface area contributed by atoms with Gasteiger partial charge in [-0.25, -0.2) is 22.8 Å². The predicted octanol–water partition coefficient (Wildman–Crippen LogP) is 1.98. The number of rotatable bonds is 4. The molecule has 0 aliphatic carbocycles. The van der Waals surface area contributed by atoms with Gasteiger partial charge < -0.3 is 0 Å². The number of nitrogens with zero attached hydrogens (tertiary/aromatic N) is 3. The minimum Gasteiger partial charge on any atom is -0.262 e. The molecule has 0 atom stereocenters. The van der Waals surface area contributed by atoms with Crippen LogP contribution in [0.3, 0.4) is 0 Å². The SMILES string of the molecule is O=[N+]([O-])c1cc(F)ccc1S(=O)(=O)Nc1cnc(Cl)cn1. The number of aromatic nitrogens is 2. The van der Waals surface area contributed by atoms with Gasteiger partial charge >= 0.3 is 0 Å². The Morgan fingerprint density at radius 1 is 1.29 bits per heavy atom. The summed E-state index contributed by atoms with van der Waals surface area (Å²) in [7, 11) is -4.32. The zero-order chi connectivity index (χ0) is 15.6. The molecule has 11 heteroatoms. The highest BCUT2D eigenvalue weighted by molar-refractivity contribution is 7.92. The fourth-order valence-corrected chi connectivity index (χ4v) is 2.66. The summed E-state index contributed by atoms with van der Waals surface area (Å²) < 4.78 is 39.2. The Bertz CT molecular complexity index is 797. The number of anilines is 1. The van der Waals surface area contributed by atoms with Gasteiger partial charge in [-0.15, -0.1) is 0 Å². The first-order valence-electron chi connectivity index (χ1n) is 5.24. The van der Waals surface area contributed by atoms with Crippen LogP contribution in [0.15, 0.2) is 35.5 Å². The van der Waals surface area contributed by atoms with Crippen molar-refractivity contribution >= 4 is 33.1 Å². The lowest BCUT2D eigenvalue weighted by Crippen LogP contribution is -2.15. The van der Waals surface area contributed by atoms with Crippen LogP contribution in [0.4, 0.5) is 15.9 Å². The highest BCUT2D eigenvalue weighted by Crippen LogP contribution is 2.26. The molecule has 1 heterocycles. The van der Waals surface area contributed by atoms with E-state index in [0.717, 1.165) is 24.5 Å². The third kappa shape index (κ3) is 3.41. The van der Waals surface area contributed by atoms with Gasteiger partial charge in [-0.3, -0.25) is 14.8 Å². The van der Waals surface area contributed by atoms with E-state index in [2.05, 4.69) is 9.97 Å². The second-order valence-corrected chi connectivity index (χ2v) is 5.74. The molecule has 0 aliphatic heterocycles. The van der Waals surface area contributed by atoms with E-state index in [1.807, 2.05) is 4.72 Å². The molecule has 0 fully saturated rings. The largest absolute Gasteiger partial charge is 0.292 e.